The summed E-state index contributed by atoms with van der Waals surface area (Å²) in [6, 6.07) is 0. The summed E-state index contributed by atoms with van der Waals surface area (Å²) in [7, 11) is 1.55. The van der Waals surface area contributed by atoms with Crippen molar-refractivity contribution in [3.8, 4) is 5.88 Å². The van der Waals surface area contributed by atoms with Crippen molar-refractivity contribution < 1.29 is 4.74 Å². The number of nitrogens with two attached hydrogens (primary N) is 1. The zero-order chi connectivity index (χ0) is 9.42. The zero-order valence-corrected chi connectivity index (χ0v) is 8.71. The van der Waals surface area contributed by atoms with Gasteiger partial charge in [-0.2, -0.15) is 4.98 Å². The second-order valence-electron chi connectivity index (χ2n) is 2.79. The van der Waals surface area contributed by atoms with Gasteiger partial charge < -0.3 is 10.5 Å². The Labute approximate surface area is 87.3 Å². The van der Waals surface area contributed by atoms with E-state index < -0.39 is 0 Å². The average Bonchev–Trinajstić information content (AvgIpc) is 2.43. The minimum Gasteiger partial charge on any atom is -0.478 e. The van der Waals surface area contributed by atoms with Crippen LogP contribution >= 0.6 is 12.4 Å². The molecule has 0 atom stereocenters. The third-order valence-corrected chi connectivity index (χ3v) is 1.74. The van der Waals surface area contributed by atoms with Crippen molar-refractivity contribution in [3.05, 3.63) is 18.1 Å². The van der Waals surface area contributed by atoms with E-state index in [0.717, 1.165) is 5.69 Å². The van der Waals surface area contributed by atoms with E-state index in [2.05, 4.69) is 9.97 Å². The number of nitrogens with zero attached hydrogens (tertiary/aromatic N) is 3. The fourth-order valence-corrected chi connectivity index (χ4v) is 1.25. The summed E-state index contributed by atoms with van der Waals surface area (Å²) < 4.78 is 6.85. The zero-order valence-electron chi connectivity index (χ0n) is 7.89. The molecular formula is C8H11ClN4O. The van der Waals surface area contributed by atoms with Gasteiger partial charge in [-0.3, -0.25) is 4.40 Å². The Morgan fingerprint density at radius 2 is 2.07 bits per heavy atom. The smallest absolute Gasteiger partial charge is 0.260 e. The summed E-state index contributed by atoms with van der Waals surface area (Å²) in [5.41, 5.74) is 7.17. The van der Waals surface area contributed by atoms with Gasteiger partial charge in [0.1, 0.15) is 5.82 Å². The molecule has 76 valence electrons. The van der Waals surface area contributed by atoms with Crippen molar-refractivity contribution >= 4 is 23.9 Å². The molecule has 2 aromatic heterocycles. The van der Waals surface area contributed by atoms with Gasteiger partial charge in [0, 0.05) is 6.20 Å². The fraction of sp³-hybridized carbons (Fsp3) is 0.250. The average molecular weight is 215 g/mol. The molecule has 0 aliphatic carbocycles. The van der Waals surface area contributed by atoms with E-state index in [9.17, 15) is 0 Å². The molecule has 0 spiro atoms. The molecule has 0 radical (unpaired) electrons. The van der Waals surface area contributed by atoms with E-state index in [0.29, 0.717) is 17.3 Å². The lowest BCUT2D eigenvalue weighted by molar-refractivity contribution is 0.401. The van der Waals surface area contributed by atoms with Gasteiger partial charge in [0.05, 0.1) is 19.0 Å². The number of anilines is 1. The first kappa shape index (κ1) is 10.6. The lowest BCUT2D eigenvalue weighted by Gasteiger charge is -2.01. The predicted octanol–water partition coefficient (Wildman–Crippen LogP) is 1.05. The normalized spacial score (nSPS) is 9.86. The van der Waals surface area contributed by atoms with Gasteiger partial charge in [0.2, 0.25) is 5.65 Å². The van der Waals surface area contributed by atoms with Crippen LogP contribution in [0.2, 0.25) is 0 Å². The molecule has 0 amide bonds. The highest BCUT2D eigenvalue weighted by Gasteiger charge is 2.06. The number of ether oxygens (including phenoxy) is 1. The van der Waals surface area contributed by atoms with Crippen LogP contribution in [0.15, 0.2) is 12.4 Å². The Morgan fingerprint density at radius 1 is 1.36 bits per heavy atom. The number of hydrogen-bond donors (Lipinski definition) is 1. The maximum absolute atomic E-state index is 5.57. The molecule has 0 saturated carbocycles. The van der Waals surface area contributed by atoms with Gasteiger partial charge in [-0.05, 0) is 6.92 Å². The molecule has 2 N–H and O–H groups in total. The van der Waals surface area contributed by atoms with E-state index in [-0.39, 0.29) is 12.4 Å². The first-order chi connectivity index (χ1) is 6.20. The molecule has 2 rings (SSSR count). The number of fused-ring (bicyclic) bond motifs is 1. The molecule has 0 aromatic carbocycles. The number of rotatable bonds is 1. The molecule has 14 heavy (non-hydrogen) atoms. The summed E-state index contributed by atoms with van der Waals surface area (Å²) >= 11 is 0. The van der Waals surface area contributed by atoms with E-state index in [1.807, 2.05) is 13.1 Å². The predicted molar refractivity (Wildman–Crippen MR) is 55.9 cm³/mol. The van der Waals surface area contributed by atoms with Crippen LogP contribution in [0.4, 0.5) is 5.82 Å². The molecule has 6 heteroatoms. The van der Waals surface area contributed by atoms with Crippen LogP contribution in [-0.4, -0.2) is 21.5 Å². The topological polar surface area (TPSA) is 65.4 Å². The third-order valence-electron chi connectivity index (χ3n) is 1.74. The van der Waals surface area contributed by atoms with Gasteiger partial charge in [0.15, 0.2) is 0 Å². The fourth-order valence-electron chi connectivity index (χ4n) is 1.25. The molecule has 2 aromatic rings. The van der Waals surface area contributed by atoms with Gasteiger partial charge in [-0.15, -0.1) is 12.4 Å². The number of methoxy groups -OCH3 is 1. The minimum absolute atomic E-state index is 0. The van der Waals surface area contributed by atoms with Gasteiger partial charge in [0.25, 0.3) is 5.88 Å². The molecule has 0 unspecified atom stereocenters. The highest BCUT2D eigenvalue weighted by molar-refractivity contribution is 5.85. The van der Waals surface area contributed by atoms with Crippen LogP contribution in [0, 0.1) is 6.92 Å². The van der Waals surface area contributed by atoms with Gasteiger partial charge >= 0.3 is 0 Å². The second kappa shape index (κ2) is 3.71. The Hall–Kier alpha value is -1.49. The summed E-state index contributed by atoms with van der Waals surface area (Å²) in [5.74, 6) is 0.870. The first-order valence-electron chi connectivity index (χ1n) is 3.86. The van der Waals surface area contributed by atoms with E-state index in [1.165, 1.54) is 0 Å². The summed E-state index contributed by atoms with van der Waals surface area (Å²) in [5, 5.41) is 0. The van der Waals surface area contributed by atoms with Crippen LogP contribution < -0.4 is 10.5 Å². The first-order valence-corrected chi connectivity index (χ1v) is 3.86. The Kier molecular flexibility index (Phi) is 2.81. The van der Waals surface area contributed by atoms with E-state index >= 15 is 0 Å². The molecule has 0 aliphatic rings. The summed E-state index contributed by atoms with van der Waals surface area (Å²) in [6.07, 6.45) is 3.58. The third kappa shape index (κ3) is 1.58. The van der Waals surface area contributed by atoms with Crippen LogP contribution in [0.25, 0.3) is 5.65 Å². The minimum atomic E-state index is 0. The molecular weight excluding hydrogens is 204 g/mol. The number of aryl methyl sites for hydroxylation is 1. The standard InChI is InChI=1S/C8H10N4O.ClH/c1-5-3-12-4-6(9)11-8(13-2)7(12)10-5;/h3-4H,9H2,1-2H3;1H. The van der Waals surface area contributed by atoms with Crippen LogP contribution in [-0.2, 0) is 0 Å². The molecule has 0 fully saturated rings. The second-order valence-corrected chi connectivity index (χ2v) is 2.79. The van der Waals surface area contributed by atoms with Crippen molar-refractivity contribution in [3.63, 3.8) is 0 Å². The van der Waals surface area contributed by atoms with Crippen molar-refractivity contribution in [1.82, 2.24) is 14.4 Å². The monoisotopic (exact) mass is 214 g/mol. The highest BCUT2D eigenvalue weighted by atomic mass is 35.5. The lowest BCUT2D eigenvalue weighted by atomic mass is 10.6. The molecule has 0 bridgehead atoms. The molecule has 0 aliphatic heterocycles. The number of aromatic nitrogens is 3. The quantitative estimate of drug-likeness (QED) is 0.771. The van der Waals surface area contributed by atoms with Gasteiger partial charge in [-0.1, -0.05) is 0 Å². The Balaban J connectivity index is 0.000000980. The van der Waals surface area contributed by atoms with Gasteiger partial charge in [-0.25, -0.2) is 4.98 Å². The highest BCUT2D eigenvalue weighted by Crippen LogP contribution is 2.17. The molecule has 5 nitrogen and oxygen atoms in total. The van der Waals surface area contributed by atoms with Crippen LogP contribution in [0.1, 0.15) is 5.69 Å². The van der Waals surface area contributed by atoms with E-state index in [4.69, 9.17) is 10.5 Å². The molecule has 0 saturated heterocycles. The van der Waals surface area contributed by atoms with Crippen molar-refractivity contribution in [2.75, 3.05) is 12.8 Å². The number of nitrogen functional groups attached to an aromatic ring is 1. The summed E-state index contributed by atoms with van der Waals surface area (Å²) in [4.78, 5) is 8.25. The van der Waals surface area contributed by atoms with Crippen molar-refractivity contribution in [1.29, 1.82) is 0 Å². The Bertz CT molecular complexity index is 454. The number of imidazole rings is 1. The summed E-state index contributed by atoms with van der Waals surface area (Å²) in [6.45, 7) is 1.91. The maximum atomic E-state index is 5.57. The number of halogens is 1. The van der Waals surface area contributed by atoms with Crippen LogP contribution in [0.3, 0.4) is 0 Å². The SMILES string of the molecule is COc1nc(N)cn2cc(C)nc12.Cl. The Morgan fingerprint density at radius 3 is 2.71 bits per heavy atom. The van der Waals surface area contributed by atoms with Crippen molar-refractivity contribution in [2.45, 2.75) is 6.92 Å². The van der Waals surface area contributed by atoms with E-state index in [1.54, 1.807) is 17.7 Å². The maximum Gasteiger partial charge on any atom is 0.260 e. The molecule has 2 heterocycles. The lowest BCUT2D eigenvalue weighted by Crippen LogP contribution is -1.98. The van der Waals surface area contributed by atoms with Crippen molar-refractivity contribution in [2.24, 2.45) is 0 Å². The van der Waals surface area contributed by atoms with Crippen LogP contribution in [0.5, 0.6) is 5.88 Å². The number of hydrogen-bond acceptors (Lipinski definition) is 4. The largest absolute Gasteiger partial charge is 0.478 e.